The lowest BCUT2D eigenvalue weighted by atomic mass is 10.1. The van der Waals surface area contributed by atoms with E-state index in [1.54, 1.807) is 0 Å². The summed E-state index contributed by atoms with van der Waals surface area (Å²) in [6.07, 6.45) is 0.460. The molecule has 1 aromatic carbocycles. The summed E-state index contributed by atoms with van der Waals surface area (Å²) >= 11 is 0. The number of rotatable bonds is 2. The molecule has 0 amide bonds. The summed E-state index contributed by atoms with van der Waals surface area (Å²) in [5, 5.41) is 10.3. The van der Waals surface area contributed by atoms with E-state index in [2.05, 4.69) is 0 Å². The number of aryl methyl sites for hydroxylation is 1. The van der Waals surface area contributed by atoms with Crippen molar-refractivity contribution in [3.05, 3.63) is 39.2 Å². The fraction of sp³-hybridized carbons (Fsp3) is 0.125. The Morgan fingerprint density at radius 1 is 1.54 bits per heavy atom. The highest BCUT2D eigenvalue weighted by atomic mass is 19.1. The smallest absolute Gasteiger partial charge is 0.298 e. The number of carbonyl (C=O) groups excluding carboxylic acids is 1. The van der Waals surface area contributed by atoms with Gasteiger partial charge in [0.1, 0.15) is 6.29 Å². The third kappa shape index (κ3) is 1.69. The molecule has 0 saturated heterocycles. The fourth-order valence-corrected chi connectivity index (χ4v) is 0.949. The standard InChI is InChI=1S/C8H6FNO3/c1-5-2-8(10(12)13)7(9)3-6(5)4-11/h2-4H,1H3. The summed E-state index contributed by atoms with van der Waals surface area (Å²) in [5.41, 5.74) is -0.0886. The highest BCUT2D eigenvalue weighted by Crippen LogP contribution is 2.20. The molecule has 1 rings (SSSR count). The van der Waals surface area contributed by atoms with E-state index in [4.69, 9.17) is 0 Å². The molecule has 0 saturated carbocycles. The van der Waals surface area contributed by atoms with Crippen LogP contribution in [0.2, 0.25) is 0 Å². The lowest BCUT2D eigenvalue weighted by molar-refractivity contribution is -0.387. The molecular weight excluding hydrogens is 177 g/mol. The van der Waals surface area contributed by atoms with Gasteiger partial charge in [-0.2, -0.15) is 4.39 Å². The molecule has 0 aliphatic carbocycles. The molecule has 0 unspecified atom stereocenters. The third-order valence-corrected chi connectivity index (χ3v) is 1.66. The van der Waals surface area contributed by atoms with E-state index in [-0.39, 0.29) is 5.56 Å². The lowest BCUT2D eigenvalue weighted by Crippen LogP contribution is -1.96. The average molecular weight is 183 g/mol. The Labute approximate surface area is 73.1 Å². The minimum absolute atomic E-state index is 0.128. The summed E-state index contributed by atoms with van der Waals surface area (Å²) in [6, 6.07) is 1.90. The SMILES string of the molecule is Cc1cc([N+](=O)[O-])c(F)cc1C=O. The van der Waals surface area contributed by atoms with Gasteiger partial charge in [-0.3, -0.25) is 14.9 Å². The minimum atomic E-state index is -0.988. The molecule has 13 heavy (non-hydrogen) atoms. The average Bonchev–Trinajstić information content (AvgIpc) is 2.07. The highest BCUT2D eigenvalue weighted by Gasteiger charge is 2.15. The van der Waals surface area contributed by atoms with Gasteiger partial charge in [-0.25, -0.2) is 0 Å². The van der Waals surface area contributed by atoms with Crippen molar-refractivity contribution >= 4 is 12.0 Å². The maximum atomic E-state index is 12.9. The van der Waals surface area contributed by atoms with Crippen molar-refractivity contribution in [2.24, 2.45) is 0 Å². The van der Waals surface area contributed by atoms with Gasteiger partial charge in [0.2, 0.25) is 5.82 Å². The van der Waals surface area contributed by atoms with E-state index in [1.165, 1.54) is 6.92 Å². The number of nitro benzene ring substituents is 1. The molecule has 0 N–H and O–H groups in total. The van der Waals surface area contributed by atoms with Crippen LogP contribution >= 0.6 is 0 Å². The highest BCUT2D eigenvalue weighted by molar-refractivity contribution is 5.77. The number of benzene rings is 1. The molecule has 1 aromatic rings. The van der Waals surface area contributed by atoms with Gasteiger partial charge in [0.15, 0.2) is 0 Å². The van der Waals surface area contributed by atoms with Gasteiger partial charge >= 0.3 is 5.69 Å². The molecule has 0 bridgehead atoms. The van der Waals surface area contributed by atoms with Crippen LogP contribution in [0.3, 0.4) is 0 Å². The predicted molar refractivity (Wildman–Crippen MR) is 43.2 cm³/mol. The molecule has 4 nitrogen and oxygen atoms in total. The molecule has 5 heteroatoms. The first-order chi connectivity index (χ1) is 6.06. The quantitative estimate of drug-likeness (QED) is 0.399. The van der Waals surface area contributed by atoms with Gasteiger partial charge in [-0.05, 0) is 18.6 Å². The van der Waals surface area contributed by atoms with Crippen LogP contribution in [0, 0.1) is 22.9 Å². The molecule has 0 spiro atoms. The first-order valence-electron chi connectivity index (χ1n) is 3.46. The number of carbonyl (C=O) groups is 1. The summed E-state index contributed by atoms with van der Waals surface area (Å²) in [7, 11) is 0. The number of hydrogen-bond donors (Lipinski definition) is 0. The van der Waals surface area contributed by atoms with E-state index in [1.807, 2.05) is 0 Å². The van der Waals surface area contributed by atoms with Crippen molar-refractivity contribution in [3.8, 4) is 0 Å². The van der Waals surface area contributed by atoms with Crippen LogP contribution in [0.4, 0.5) is 10.1 Å². The van der Waals surface area contributed by atoms with Gasteiger partial charge < -0.3 is 0 Å². The first-order valence-corrected chi connectivity index (χ1v) is 3.46. The molecular formula is C8H6FNO3. The van der Waals surface area contributed by atoms with Gasteiger partial charge in [0.25, 0.3) is 0 Å². The number of aldehydes is 1. The minimum Gasteiger partial charge on any atom is -0.298 e. The number of nitro groups is 1. The van der Waals surface area contributed by atoms with Crippen LogP contribution in [0.25, 0.3) is 0 Å². The third-order valence-electron chi connectivity index (χ3n) is 1.66. The summed E-state index contributed by atoms with van der Waals surface area (Å²) in [5.74, 6) is -0.988. The molecule has 0 radical (unpaired) electrons. The maximum absolute atomic E-state index is 12.9. The van der Waals surface area contributed by atoms with Crippen LogP contribution < -0.4 is 0 Å². The molecule has 0 atom stereocenters. The summed E-state index contributed by atoms with van der Waals surface area (Å²) < 4.78 is 12.9. The van der Waals surface area contributed by atoms with E-state index < -0.39 is 16.4 Å². The van der Waals surface area contributed by atoms with E-state index >= 15 is 0 Å². The van der Waals surface area contributed by atoms with Crippen molar-refractivity contribution in [3.63, 3.8) is 0 Å². The first kappa shape index (κ1) is 9.31. The lowest BCUT2D eigenvalue weighted by Gasteiger charge is -1.98. The summed E-state index contributed by atoms with van der Waals surface area (Å²) in [6.45, 7) is 1.51. The van der Waals surface area contributed by atoms with Crippen molar-refractivity contribution in [2.45, 2.75) is 6.92 Å². The Hall–Kier alpha value is -1.78. The summed E-state index contributed by atoms with van der Waals surface area (Å²) in [4.78, 5) is 19.8. The maximum Gasteiger partial charge on any atom is 0.305 e. The van der Waals surface area contributed by atoms with Crippen molar-refractivity contribution in [1.82, 2.24) is 0 Å². The zero-order valence-corrected chi connectivity index (χ0v) is 6.78. The Balaban J connectivity index is 3.36. The van der Waals surface area contributed by atoms with Crippen molar-refractivity contribution in [1.29, 1.82) is 0 Å². The molecule has 68 valence electrons. The molecule has 0 fully saturated rings. The van der Waals surface area contributed by atoms with Crippen LogP contribution in [0.5, 0.6) is 0 Å². The second kappa shape index (κ2) is 3.30. The van der Waals surface area contributed by atoms with E-state index in [0.29, 0.717) is 11.8 Å². The largest absolute Gasteiger partial charge is 0.305 e. The van der Waals surface area contributed by atoms with Crippen molar-refractivity contribution in [2.75, 3.05) is 0 Å². The van der Waals surface area contributed by atoms with Crippen LogP contribution in [0.15, 0.2) is 12.1 Å². The Kier molecular flexibility index (Phi) is 2.36. The second-order valence-corrected chi connectivity index (χ2v) is 2.54. The van der Waals surface area contributed by atoms with Gasteiger partial charge in [0.05, 0.1) is 4.92 Å². The second-order valence-electron chi connectivity index (χ2n) is 2.54. The predicted octanol–water partition coefficient (Wildman–Crippen LogP) is 1.85. The Morgan fingerprint density at radius 2 is 2.15 bits per heavy atom. The molecule has 0 aliphatic heterocycles. The monoisotopic (exact) mass is 183 g/mol. The number of halogens is 1. The van der Waals surface area contributed by atoms with Crippen LogP contribution in [0.1, 0.15) is 15.9 Å². The molecule has 0 aromatic heterocycles. The number of hydrogen-bond acceptors (Lipinski definition) is 3. The Morgan fingerprint density at radius 3 is 2.62 bits per heavy atom. The normalized spacial score (nSPS) is 9.69. The van der Waals surface area contributed by atoms with E-state index in [0.717, 1.165) is 12.1 Å². The zero-order valence-electron chi connectivity index (χ0n) is 6.78. The van der Waals surface area contributed by atoms with Gasteiger partial charge in [0, 0.05) is 11.6 Å². The molecule has 0 heterocycles. The van der Waals surface area contributed by atoms with Crippen LogP contribution in [-0.2, 0) is 0 Å². The van der Waals surface area contributed by atoms with Gasteiger partial charge in [-0.1, -0.05) is 0 Å². The number of nitrogens with zero attached hydrogens (tertiary/aromatic N) is 1. The Bertz CT molecular complexity index is 376. The molecule has 0 aliphatic rings. The van der Waals surface area contributed by atoms with Crippen LogP contribution in [-0.4, -0.2) is 11.2 Å². The fourth-order valence-electron chi connectivity index (χ4n) is 0.949. The van der Waals surface area contributed by atoms with Gasteiger partial charge in [-0.15, -0.1) is 0 Å². The van der Waals surface area contributed by atoms with E-state index in [9.17, 15) is 19.3 Å². The van der Waals surface area contributed by atoms with Crippen molar-refractivity contribution < 1.29 is 14.1 Å². The topological polar surface area (TPSA) is 60.2 Å². The zero-order chi connectivity index (χ0) is 10.0.